The summed E-state index contributed by atoms with van der Waals surface area (Å²) in [5.74, 6) is 3.25. The van der Waals surface area contributed by atoms with E-state index < -0.39 is 0 Å². The fourth-order valence-corrected chi connectivity index (χ4v) is 4.51. The molecule has 1 saturated heterocycles. The lowest BCUT2D eigenvalue weighted by molar-refractivity contribution is 0.0748. The van der Waals surface area contributed by atoms with Crippen molar-refractivity contribution in [3.05, 3.63) is 47.9 Å². The summed E-state index contributed by atoms with van der Waals surface area (Å²) in [6.07, 6.45) is 1.54. The van der Waals surface area contributed by atoms with Crippen molar-refractivity contribution in [1.82, 2.24) is 10.1 Å². The Kier molecular flexibility index (Phi) is 5.39. The maximum absolute atomic E-state index is 13.2. The molecular formula is C20H20N2O6S. The van der Waals surface area contributed by atoms with Crippen molar-refractivity contribution in [1.29, 1.82) is 0 Å². The number of methoxy groups -OCH3 is 3. The molecule has 1 aliphatic heterocycles. The lowest BCUT2D eigenvalue weighted by Crippen LogP contribution is -2.30. The van der Waals surface area contributed by atoms with Crippen LogP contribution in [-0.4, -0.2) is 49.6 Å². The maximum atomic E-state index is 13.2. The summed E-state index contributed by atoms with van der Waals surface area (Å²) in [5.41, 5.74) is 1.05. The number of carbonyl (C=O) groups is 1. The monoisotopic (exact) mass is 416 g/mol. The van der Waals surface area contributed by atoms with Gasteiger partial charge in [-0.15, -0.1) is 11.8 Å². The van der Waals surface area contributed by atoms with E-state index in [1.807, 2.05) is 6.07 Å². The average molecular weight is 416 g/mol. The van der Waals surface area contributed by atoms with E-state index in [0.717, 1.165) is 11.3 Å². The van der Waals surface area contributed by atoms with Crippen LogP contribution >= 0.6 is 11.8 Å². The molecule has 3 heterocycles. The molecule has 152 valence electrons. The third-order valence-corrected chi connectivity index (χ3v) is 5.89. The Bertz CT molecular complexity index is 1000. The molecule has 1 aromatic carbocycles. The van der Waals surface area contributed by atoms with Gasteiger partial charge < -0.3 is 28.1 Å². The second-order valence-corrected chi connectivity index (χ2v) is 7.41. The number of benzene rings is 1. The van der Waals surface area contributed by atoms with E-state index in [0.29, 0.717) is 35.3 Å². The van der Waals surface area contributed by atoms with Gasteiger partial charge in [0.25, 0.3) is 5.91 Å². The Hall–Kier alpha value is -3.07. The molecule has 1 amide bonds. The molecule has 9 heteroatoms. The number of rotatable bonds is 6. The van der Waals surface area contributed by atoms with Gasteiger partial charge in [0.2, 0.25) is 5.76 Å². The summed E-state index contributed by atoms with van der Waals surface area (Å²) in [7, 11) is 4.73. The number of hydrogen-bond acceptors (Lipinski definition) is 8. The van der Waals surface area contributed by atoms with Crippen molar-refractivity contribution in [2.45, 2.75) is 5.37 Å². The summed E-state index contributed by atoms with van der Waals surface area (Å²) in [6.45, 7) is 0.578. The molecule has 0 N–H and O–H groups in total. The van der Waals surface area contributed by atoms with Gasteiger partial charge in [0.1, 0.15) is 11.1 Å². The lowest BCUT2D eigenvalue weighted by atomic mass is 10.1. The molecule has 8 nitrogen and oxygen atoms in total. The molecule has 1 fully saturated rings. The Labute approximate surface area is 171 Å². The zero-order valence-corrected chi connectivity index (χ0v) is 17.0. The quantitative estimate of drug-likeness (QED) is 0.599. The van der Waals surface area contributed by atoms with Crippen molar-refractivity contribution in [2.24, 2.45) is 0 Å². The van der Waals surface area contributed by atoms with E-state index in [1.54, 1.807) is 62.3 Å². The molecule has 29 heavy (non-hydrogen) atoms. The van der Waals surface area contributed by atoms with Crippen LogP contribution in [0.1, 0.15) is 21.4 Å². The molecule has 4 rings (SSSR count). The number of ether oxygens (including phenoxy) is 3. The molecule has 3 aromatic rings. The van der Waals surface area contributed by atoms with Gasteiger partial charge in [0, 0.05) is 30.0 Å². The zero-order valence-electron chi connectivity index (χ0n) is 16.2. The van der Waals surface area contributed by atoms with Crippen LogP contribution < -0.4 is 14.2 Å². The summed E-state index contributed by atoms with van der Waals surface area (Å²) >= 11 is 1.65. The van der Waals surface area contributed by atoms with Crippen LogP contribution in [0.5, 0.6) is 17.2 Å². The number of hydrogen-bond donors (Lipinski definition) is 0. The molecule has 0 spiro atoms. The predicted octanol–water partition coefficient (Wildman–Crippen LogP) is 3.85. The second kappa shape index (κ2) is 8.12. The Morgan fingerprint density at radius 2 is 1.86 bits per heavy atom. The first-order valence-electron chi connectivity index (χ1n) is 8.89. The van der Waals surface area contributed by atoms with Gasteiger partial charge in [-0.25, -0.2) is 0 Å². The third-order valence-electron chi connectivity index (χ3n) is 4.65. The summed E-state index contributed by atoms with van der Waals surface area (Å²) in [5, 5.41) is 3.69. The largest absolute Gasteiger partial charge is 0.496 e. The topological polar surface area (TPSA) is 87.2 Å². The predicted molar refractivity (Wildman–Crippen MR) is 107 cm³/mol. The smallest absolute Gasteiger partial charge is 0.277 e. The van der Waals surface area contributed by atoms with Crippen molar-refractivity contribution in [3.8, 4) is 28.8 Å². The van der Waals surface area contributed by atoms with E-state index in [9.17, 15) is 4.79 Å². The van der Waals surface area contributed by atoms with Crippen molar-refractivity contribution in [2.75, 3.05) is 33.6 Å². The van der Waals surface area contributed by atoms with Gasteiger partial charge in [-0.05, 0) is 18.2 Å². The molecular weight excluding hydrogens is 396 g/mol. The van der Waals surface area contributed by atoms with Crippen LogP contribution in [0, 0.1) is 0 Å². The van der Waals surface area contributed by atoms with E-state index in [4.69, 9.17) is 23.2 Å². The maximum Gasteiger partial charge on any atom is 0.277 e. The van der Waals surface area contributed by atoms with Gasteiger partial charge in [0.05, 0.1) is 27.6 Å². The molecule has 0 aliphatic carbocycles. The van der Waals surface area contributed by atoms with Crippen molar-refractivity contribution >= 4 is 17.7 Å². The summed E-state index contributed by atoms with van der Waals surface area (Å²) < 4.78 is 26.9. The van der Waals surface area contributed by atoms with Crippen molar-refractivity contribution in [3.63, 3.8) is 0 Å². The van der Waals surface area contributed by atoms with Gasteiger partial charge in [-0.3, -0.25) is 4.79 Å². The average Bonchev–Trinajstić information content (AvgIpc) is 3.52. The highest BCUT2D eigenvalue weighted by Crippen LogP contribution is 2.46. The molecule has 1 atom stereocenters. The van der Waals surface area contributed by atoms with Crippen LogP contribution in [0.3, 0.4) is 0 Å². The number of carbonyl (C=O) groups excluding carboxylic acids is 1. The fraction of sp³-hybridized carbons (Fsp3) is 0.300. The van der Waals surface area contributed by atoms with Gasteiger partial charge in [-0.1, -0.05) is 5.16 Å². The molecule has 0 saturated carbocycles. The SMILES string of the molecule is COc1cc(OC)c(C2SCCN2C(=O)c2cc(-c3ccco3)on2)cc1OC. The number of amides is 1. The minimum atomic E-state index is -0.249. The van der Waals surface area contributed by atoms with Crippen LogP contribution in [0.25, 0.3) is 11.5 Å². The lowest BCUT2D eigenvalue weighted by Gasteiger charge is -2.25. The minimum Gasteiger partial charge on any atom is -0.496 e. The Balaban J connectivity index is 1.65. The molecule has 0 bridgehead atoms. The second-order valence-electron chi connectivity index (χ2n) is 6.22. The van der Waals surface area contributed by atoms with Gasteiger partial charge in [-0.2, -0.15) is 0 Å². The van der Waals surface area contributed by atoms with E-state index in [-0.39, 0.29) is 17.0 Å². The van der Waals surface area contributed by atoms with Crippen LogP contribution in [-0.2, 0) is 0 Å². The molecule has 1 aliphatic rings. The fourth-order valence-electron chi connectivity index (χ4n) is 3.24. The van der Waals surface area contributed by atoms with Crippen LogP contribution in [0.15, 0.2) is 45.5 Å². The summed E-state index contributed by atoms with van der Waals surface area (Å²) in [6, 6.07) is 8.69. The van der Waals surface area contributed by atoms with E-state index in [1.165, 1.54) is 6.26 Å². The highest BCUT2D eigenvalue weighted by molar-refractivity contribution is 7.99. The standard InChI is InChI=1S/C20H20N2O6S/c1-24-15-11-17(26-3)16(25-2)9-12(15)20-22(6-8-29-20)19(23)13-10-18(28-21-13)14-5-4-7-27-14/h4-5,7,9-11,20H,6,8H2,1-3H3. The van der Waals surface area contributed by atoms with E-state index in [2.05, 4.69) is 5.16 Å². The number of furan rings is 1. The number of thioether (sulfide) groups is 1. The molecule has 0 radical (unpaired) electrons. The Morgan fingerprint density at radius 3 is 2.55 bits per heavy atom. The van der Waals surface area contributed by atoms with E-state index >= 15 is 0 Å². The minimum absolute atomic E-state index is 0.224. The number of nitrogens with zero attached hydrogens (tertiary/aromatic N) is 2. The van der Waals surface area contributed by atoms with Gasteiger partial charge >= 0.3 is 0 Å². The van der Waals surface area contributed by atoms with Crippen LogP contribution in [0.4, 0.5) is 0 Å². The first kappa shape index (κ1) is 19.3. The molecule has 1 unspecified atom stereocenters. The van der Waals surface area contributed by atoms with Gasteiger partial charge in [0.15, 0.2) is 23.0 Å². The highest BCUT2D eigenvalue weighted by atomic mass is 32.2. The summed E-state index contributed by atoms with van der Waals surface area (Å²) in [4.78, 5) is 14.9. The molecule has 2 aromatic heterocycles. The zero-order chi connectivity index (χ0) is 20.4. The van der Waals surface area contributed by atoms with Crippen LogP contribution in [0.2, 0.25) is 0 Å². The third kappa shape index (κ3) is 3.53. The Morgan fingerprint density at radius 1 is 1.10 bits per heavy atom. The first-order chi connectivity index (χ1) is 14.2. The number of aromatic nitrogens is 1. The first-order valence-corrected chi connectivity index (χ1v) is 9.94. The van der Waals surface area contributed by atoms with Crippen molar-refractivity contribution < 1.29 is 27.9 Å². The normalized spacial score (nSPS) is 16.1. The highest BCUT2D eigenvalue weighted by Gasteiger charge is 2.35.